The number of aliphatic hydroxyl groups is 2. The monoisotopic (exact) mass is 350 g/mol. The Labute approximate surface area is 152 Å². The molecular weight excluding hydrogens is 316 g/mol. The Hall–Kier alpha value is -1.23. The molecule has 1 aliphatic rings. The molecule has 0 aromatic carbocycles. The maximum Gasteiger partial charge on any atom is 0.181 e. The predicted octanol–water partition coefficient (Wildman–Crippen LogP) is 3.73. The first kappa shape index (κ1) is 21.8. The van der Waals surface area contributed by atoms with Gasteiger partial charge in [-0.25, -0.2) is 0 Å². The second kappa shape index (κ2) is 10.0. The highest BCUT2D eigenvalue weighted by molar-refractivity contribution is 6.03. The smallest absolute Gasteiger partial charge is 0.181 e. The van der Waals surface area contributed by atoms with E-state index in [9.17, 15) is 9.90 Å². The number of ether oxygens (including phenoxy) is 1. The third-order valence-corrected chi connectivity index (χ3v) is 5.09. The molecule has 1 rings (SSSR count). The summed E-state index contributed by atoms with van der Waals surface area (Å²) in [6.07, 6.45) is 8.66. The van der Waals surface area contributed by atoms with Crippen LogP contribution in [-0.2, 0) is 9.53 Å². The Morgan fingerprint density at radius 1 is 1.20 bits per heavy atom. The lowest BCUT2D eigenvalue weighted by Crippen LogP contribution is -2.20. The highest BCUT2D eigenvalue weighted by Crippen LogP contribution is 2.43. The lowest BCUT2D eigenvalue weighted by atomic mass is 9.95. The van der Waals surface area contributed by atoms with Crippen LogP contribution in [0.3, 0.4) is 0 Å². The molecule has 1 fully saturated rings. The summed E-state index contributed by atoms with van der Waals surface area (Å²) >= 11 is 0. The van der Waals surface area contributed by atoms with Gasteiger partial charge < -0.3 is 14.9 Å². The zero-order chi connectivity index (χ0) is 19.0. The number of allylic oxidation sites excluding steroid dienone is 5. The summed E-state index contributed by atoms with van der Waals surface area (Å²) < 4.78 is 5.75. The maximum absolute atomic E-state index is 12.1. The second-order valence-electron chi connectivity index (χ2n) is 7.43. The van der Waals surface area contributed by atoms with Gasteiger partial charge in [-0.05, 0) is 64.0 Å². The number of carbonyl (C=O) groups excluding carboxylic acids is 1. The van der Waals surface area contributed by atoms with Crippen LogP contribution < -0.4 is 0 Å². The highest BCUT2D eigenvalue weighted by atomic mass is 16.6. The minimum absolute atomic E-state index is 0.00756. The molecule has 142 valence electrons. The highest BCUT2D eigenvalue weighted by Gasteiger charge is 2.54. The van der Waals surface area contributed by atoms with Crippen LogP contribution in [0.4, 0.5) is 0 Å². The van der Waals surface area contributed by atoms with Crippen molar-refractivity contribution in [2.45, 2.75) is 72.0 Å². The molecule has 0 radical (unpaired) electrons. The van der Waals surface area contributed by atoms with Crippen LogP contribution in [-0.4, -0.2) is 40.9 Å². The molecule has 0 unspecified atom stereocenters. The van der Waals surface area contributed by atoms with Gasteiger partial charge in [0.25, 0.3) is 0 Å². The Morgan fingerprint density at radius 3 is 2.44 bits per heavy atom. The number of rotatable bonds is 11. The van der Waals surface area contributed by atoms with Gasteiger partial charge in [-0.3, -0.25) is 4.79 Å². The molecular formula is C21H34O4. The number of epoxide rings is 1. The molecule has 0 aromatic rings. The zero-order valence-electron chi connectivity index (χ0n) is 16.3. The fraction of sp³-hybridized carbons (Fsp3) is 0.667. The number of aliphatic hydroxyl groups excluding tert-OH is 2. The van der Waals surface area contributed by atoms with Crippen LogP contribution in [0.2, 0.25) is 0 Å². The summed E-state index contributed by atoms with van der Waals surface area (Å²) in [7, 11) is 0. The number of ketones is 1. The minimum Gasteiger partial charge on any atom is -0.393 e. The molecule has 1 heterocycles. The maximum atomic E-state index is 12.1. The van der Waals surface area contributed by atoms with Gasteiger partial charge in [0, 0.05) is 0 Å². The van der Waals surface area contributed by atoms with Crippen molar-refractivity contribution in [1.82, 2.24) is 0 Å². The van der Waals surface area contributed by atoms with E-state index in [2.05, 4.69) is 13.8 Å². The molecule has 0 aromatic heterocycles. The van der Waals surface area contributed by atoms with E-state index in [4.69, 9.17) is 9.84 Å². The first-order chi connectivity index (χ1) is 11.8. The SMILES string of the molecule is C/C(=C/CO)CC[C@@H]1O[C@]1(CO)CC/C=C(\C)C(=O)/C=C(\C)C(C)C. The normalized spacial score (nSPS) is 24.8. The summed E-state index contributed by atoms with van der Waals surface area (Å²) in [4.78, 5) is 12.1. The van der Waals surface area contributed by atoms with Crippen LogP contribution >= 0.6 is 0 Å². The molecule has 1 saturated heterocycles. The Bertz CT molecular complexity index is 542. The van der Waals surface area contributed by atoms with Crippen molar-refractivity contribution >= 4 is 5.78 Å². The van der Waals surface area contributed by atoms with E-state index in [1.165, 1.54) is 0 Å². The number of hydrogen-bond donors (Lipinski definition) is 2. The average Bonchev–Trinajstić information content (AvgIpc) is 3.26. The van der Waals surface area contributed by atoms with Gasteiger partial charge >= 0.3 is 0 Å². The molecule has 0 spiro atoms. The summed E-state index contributed by atoms with van der Waals surface area (Å²) in [5.41, 5.74) is 2.51. The van der Waals surface area contributed by atoms with Gasteiger partial charge in [0.2, 0.25) is 0 Å². The lowest BCUT2D eigenvalue weighted by molar-refractivity contribution is -0.111. The van der Waals surface area contributed by atoms with Crippen molar-refractivity contribution in [3.63, 3.8) is 0 Å². The van der Waals surface area contributed by atoms with Crippen molar-refractivity contribution in [1.29, 1.82) is 0 Å². The van der Waals surface area contributed by atoms with Gasteiger partial charge in [0.15, 0.2) is 5.78 Å². The number of carbonyl (C=O) groups is 1. The van der Waals surface area contributed by atoms with Gasteiger partial charge in [0.05, 0.1) is 19.3 Å². The third-order valence-electron chi connectivity index (χ3n) is 5.09. The molecule has 0 aliphatic carbocycles. The van der Waals surface area contributed by atoms with E-state index in [-0.39, 0.29) is 25.1 Å². The molecule has 25 heavy (non-hydrogen) atoms. The van der Waals surface area contributed by atoms with Crippen LogP contribution in [0.15, 0.2) is 34.9 Å². The first-order valence-corrected chi connectivity index (χ1v) is 9.20. The molecule has 0 saturated carbocycles. The van der Waals surface area contributed by atoms with Gasteiger partial charge in [-0.2, -0.15) is 0 Å². The summed E-state index contributed by atoms with van der Waals surface area (Å²) in [6.45, 7) is 10.0. The third kappa shape index (κ3) is 6.89. The van der Waals surface area contributed by atoms with Gasteiger partial charge in [-0.1, -0.05) is 37.1 Å². The molecule has 4 heteroatoms. The summed E-state index contributed by atoms with van der Waals surface area (Å²) in [6, 6.07) is 0. The fourth-order valence-corrected chi connectivity index (χ4v) is 2.75. The topological polar surface area (TPSA) is 70.1 Å². The van der Waals surface area contributed by atoms with Crippen molar-refractivity contribution < 1.29 is 19.7 Å². The van der Waals surface area contributed by atoms with Crippen LogP contribution in [0.25, 0.3) is 0 Å². The summed E-state index contributed by atoms with van der Waals surface area (Å²) in [5.74, 6) is 0.431. The van der Waals surface area contributed by atoms with Crippen LogP contribution in [0.5, 0.6) is 0 Å². The van der Waals surface area contributed by atoms with Crippen molar-refractivity contribution in [3.05, 3.63) is 34.9 Å². The van der Waals surface area contributed by atoms with E-state index in [0.717, 1.165) is 29.6 Å². The Balaban J connectivity index is 2.49. The molecule has 0 bridgehead atoms. The molecule has 2 atom stereocenters. The van der Waals surface area contributed by atoms with E-state index in [1.807, 2.05) is 26.8 Å². The summed E-state index contributed by atoms with van der Waals surface area (Å²) in [5, 5.41) is 18.6. The van der Waals surface area contributed by atoms with Crippen LogP contribution in [0.1, 0.15) is 60.3 Å². The predicted molar refractivity (Wildman–Crippen MR) is 101 cm³/mol. The molecule has 2 N–H and O–H groups in total. The Morgan fingerprint density at radius 2 is 1.88 bits per heavy atom. The van der Waals surface area contributed by atoms with E-state index >= 15 is 0 Å². The van der Waals surface area contributed by atoms with E-state index in [1.54, 1.807) is 12.2 Å². The largest absolute Gasteiger partial charge is 0.393 e. The van der Waals surface area contributed by atoms with Gasteiger partial charge in [-0.15, -0.1) is 0 Å². The fourth-order valence-electron chi connectivity index (χ4n) is 2.75. The quantitative estimate of drug-likeness (QED) is 0.338. The first-order valence-electron chi connectivity index (χ1n) is 9.20. The van der Waals surface area contributed by atoms with Crippen LogP contribution in [0, 0.1) is 5.92 Å². The van der Waals surface area contributed by atoms with E-state index < -0.39 is 5.60 Å². The van der Waals surface area contributed by atoms with Gasteiger partial charge in [0.1, 0.15) is 5.60 Å². The molecule has 0 amide bonds. The lowest BCUT2D eigenvalue weighted by Gasteiger charge is -2.09. The molecule has 4 nitrogen and oxygen atoms in total. The van der Waals surface area contributed by atoms with E-state index in [0.29, 0.717) is 18.8 Å². The second-order valence-corrected chi connectivity index (χ2v) is 7.43. The zero-order valence-corrected chi connectivity index (χ0v) is 16.3. The molecule has 1 aliphatic heterocycles. The Kier molecular flexibility index (Phi) is 8.77. The average molecular weight is 350 g/mol. The minimum atomic E-state index is -0.455. The van der Waals surface area contributed by atoms with Crippen molar-refractivity contribution in [2.24, 2.45) is 5.92 Å². The standard InChI is InChI=1S/C21H34O4/c1-15(2)18(5)13-19(24)17(4)7-6-11-21(14-23)20(25-21)9-8-16(3)10-12-22/h7,10,13,15,20,22-23H,6,8-9,11-12,14H2,1-5H3/b16-10-,17-7+,18-13+/t20-,21-/m0/s1. The van der Waals surface area contributed by atoms with Crippen molar-refractivity contribution in [3.8, 4) is 0 Å². The number of hydrogen-bond acceptors (Lipinski definition) is 4. The van der Waals surface area contributed by atoms with Crippen molar-refractivity contribution in [2.75, 3.05) is 13.2 Å².